The van der Waals surface area contributed by atoms with E-state index in [4.69, 9.17) is 5.11 Å². The van der Waals surface area contributed by atoms with Gasteiger partial charge in [0.05, 0.1) is 11.9 Å². The molecule has 0 aliphatic heterocycles. The molecule has 2 heterocycles. The molecule has 0 unspecified atom stereocenters. The molecular formula is C13H16N4O2. The second-order valence-electron chi connectivity index (χ2n) is 4.12. The molecule has 100 valence electrons. The van der Waals surface area contributed by atoms with E-state index in [1.165, 1.54) is 0 Å². The van der Waals surface area contributed by atoms with Crippen molar-refractivity contribution in [2.24, 2.45) is 0 Å². The van der Waals surface area contributed by atoms with Crippen LogP contribution in [0.3, 0.4) is 0 Å². The smallest absolute Gasteiger partial charge is 0.335 e. The minimum atomic E-state index is -0.935. The summed E-state index contributed by atoms with van der Waals surface area (Å²) in [5, 5.41) is 12.2. The molecule has 0 atom stereocenters. The summed E-state index contributed by atoms with van der Waals surface area (Å²) in [5.41, 5.74) is 1.03. The molecule has 2 N–H and O–H groups in total. The van der Waals surface area contributed by atoms with Crippen molar-refractivity contribution in [2.75, 3.05) is 11.9 Å². The third kappa shape index (κ3) is 3.54. The third-order valence-electron chi connectivity index (χ3n) is 2.72. The quantitative estimate of drug-likeness (QED) is 0.825. The van der Waals surface area contributed by atoms with Crippen LogP contribution in [0.2, 0.25) is 0 Å². The van der Waals surface area contributed by atoms with Gasteiger partial charge in [0.25, 0.3) is 0 Å². The average molecular weight is 260 g/mol. The van der Waals surface area contributed by atoms with E-state index in [2.05, 4.69) is 15.3 Å². The Hall–Kier alpha value is -2.37. The number of nitrogens with one attached hydrogen (secondary N) is 1. The van der Waals surface area contributed by atoms with Crippen LogP contribution in [-0.2, 0) is 13.0 Å². The first-order valence-corrected chi connectivity index (χ1v) is 6.13. The minimum absolute atomic E-state index is 0.261. The van der Waals surface area contributed by atoms with Crippen LogP contribution in [0, 0.1) is 0 Å². The highest BCUT2D eigenvalue weighted by Crippen LogP contribution is 2.11. The molecule has 19 heavy (non-hydrogen) atoms. The Bertz CT molecular complexity index is 552. The summed E-state index contributed by atoms with van der Waals surface area (Å²) in [4.78, 5) is 19.3. The lowest BCUT2D eigenvalue weighted by molar-refractivity contribution is 0.0696. The van der Waals surface area contributed by atoms with Gasteiger partial charge in [0.15, 0.2) is 0 Å². The molecule has 0 fully saturated rings. The molecule has 2 rings (SSSR count). The Labute approximate surface area is 111 Å². The minimum Gasteiger partial charge on any atom is -0.478 e. The lowest BCUT2D eigenvalue weighted by atomic mass is 10.2. The highest BCUT2D eigenvalue weighted by molar-refractivity contribution is 5.88. The van der Waals surface area contributed by atoms with Gasteiger partial charge in [-0.15, -0.1) is 0 Å². The lowest BCUT2D eigenvalue weighted by Crippen LogP contribution is -2.11. The summed E-state index contributed by atoms with van der Waals surface area (Å²) in [6.45, 7) is 3.36. The van der Waals surface area contributed by atoms with Crippen LogP contribution >= 0.6 is 0 Å². The monoisotopic (exact) mass is 260 g/mol. The van der Waals surface area contributed by atoms with Crippen molar-refractivity contribution in [3.8, 4) is 0 Å². The van der Waals surface area contributed by atoms with E-state index < -0.39 is 5.97 Å². The van der Waals surface area contributed by atoms with E-state index in [0.29, 0.717) is 18.8 Å². The Balaban J connectivity index is 2.02. The van der Waals surface area contributed by atoms with Crippen LogP contribution < -0.4 is 5.32 Å². The molecule has 0 saturated heterocycles. The first kappa shape index (κ1) is 13.1. The molecule has 2 aromatic rings. The number of carboxylic acid groups (broad SMARTS) is 1. The molecule has 0 bridgehead atoms. The third-order valence-corrected chi connectivity index (χ3v) is 2.72. The number of aromatic nitrogens is 3. The summed E-state index contributed by atoms with van der Waals surface area (Å²) in [6.07, 6.45) is 6.04. The van der Waals surface area contributed by atoms with Gasteiger partial charge in [-0.1, -0.05) is 6.92 Å². The number of aryl methyl sites for hydroxylation is 1. The van der Waals surface area contributed by atoms with Crippen molar-refractivity contribution in [3.63, 3.8) is 0 Å². The van der Waals surface area contributed by atoms with E-state index in [9.17, 15) is 4.79 Å². The molecule has 6 heteroatoms. The van der Waals surface area contributed by atoms with Crippen LogP contribution in [0.1, 0.15) is 23.0 Å². The number of hydrogen-bond donors (Lipinski definition) is 2. The van der Waals surface area contributed by atoms with Crippen LogP contribution in [-0.4, -0.2) is 32.2 Å². The highest BCUT2D eigenvalue weighted by atomic mass is 16.4. The average Bonchev–Trinajstić information content (AvgIpc) is 2.91. The van der Waals surface area contributed by atoms with Gasteiger partial charge in [-0.3, -0.25) is 0 Å². The molecule has 0 radical (unpaired) electrons. The SMILES string of the molecule is CCc1cc(C(=O)O)cc(NCCn2ccnc2)n1. The largest absolute Gasteiger partial charge is 0.478 e. The van der Waals surface area contributed by atoms with Crippen LogP contribution in [0.4, 0.5) is 5.82 Å². The van der Waals surface area contributed by atoms with Gasteiger partial charge < -0.3 is 15.0 Å². The molecule has 0 aliphatic rings. The normalized spacial score (nSPS) is 10.4. The molecule has 6 nitrogen and oxygen atoms in total. The Morgan fingerprint density at radius 1 is 1.47 bits per heavy atom. The van der Waals surface area contributed by atoms with Crippen LogP contribution in [0.25, 0.3) is 0 Å². The molecule has 0 aliphatic carbocycles. The topological polar surface area (TPSA) is 80.0 Å². The van der Waals surface area contributed by atoms with Gasteiger partial charge in [-0.05, 0) is 18.6 Å². The summed E-state index contributed by atoms with van der Waals surface area (Å²) in [7, 11) is 0. The van der Waals surface area contributed by atoms with Gasteiger partial charge in [0.1, 0.15) is 5.82 Å². The molecule has 0 aromatic carbocycles. The maximum absolute atomic E-state index is 11.0. The number of rotatable bonds is 6. The van der Waals surface area contributed by atoms with Gasteiger partial charge in [-0.25, -0.2) is 14.8 Å². The van der Waals surface area contributed by atoms with Crippen molar-refractivity contribution in [2.45, 2.75) is 19.9 Å². The van der Waals surface area contributed by atoms with Crippen molar-refractivity contribution in [1.29, 1.82) is 0 Å². The molecule has 0 saturated carbocycles. The second-order valence-corrected chi connectivity index (χ2v) is 4.12. The fourth-order valence-corrected chi connectivity index (χ4v) is 1.71. The highest BCUT2D eigenvalue weighted by Gasteiger charge is 2.07. The van der Waals surface area contributed by atoms with E-state index in [1.54, 1.807) is 24.7 Å². The van der Waals surface area contributed by atoms with E-state index >= 15 is 0 Å². The van der Waals surface area contributed by atoms with Crippen molar-refractivity contribution < 1.29 is 9.90 Å². The number of hydrogen-bond acceptors (Lipinski definition) is 4. The number of pyridine rings is 1. The van der Waals surface area contributed by atoms with Gasteiger partial charge in [-0.2, -0.15) is 0 Å². The van der Waals surface area contributed by atoms with Crippen molar-refractivity contribution in [1.82, 2.24) is 14.5 Å². The van der Waals surface area contributed by atoms with Crippen LogP contribution in [0.5, 0.6) is 0 Å². The molecule has 0 spiro atoms. The van der Waals surface area contributed by atoms with E-state index in [-0.39, 0.29) is 5.56 Å². The Morgan fingerprint density at radius 3 is 2.95 bits per heavy atom. The standard InChI is InChI=1S/C13H16N4O2/c1-2-11-7-10(13(18)19)8-12(16-11)15-4-6-17-5-3-14-9-17/h3,5,7-9H,2,4,6H2,1H3,(H,15,16)(H,18,19). The Kier molecular flexibility index (Phi) is 4.12. The zero-order chi connectivity index (χ0) is 13.7. The summed E-state index contributed by atoms with van der Waals surface area (Å²) >= 11 is 0. The number of aromatic carboxylic acids is 1. The first-order chi connectivity index (χ1) is 9.19. The van der Waals surface area contributed by atoms with Crippen LogP contribution in [0.15, 0.2) is 30.9 Å². The molecular weight excluding hydrogens is 244 g/mol. The van der Waals surface area contributed by atoms with E-state index in [1.807, 2.05) is 17.7 Å². The number of carbonyl (C=O) groups is 1. The van der Waals surface area contributed by atoms with Gasteiger partial charge in [0, 0.05) is 31.2 Å². The number of nitrogens with zero attached hydrogens (tertiary/aromatic N) is 3. The number of imidazole rings is 1. The fourth-order valence-electron chi connectivity index (χ4n) is 1.71. The number of anilines is 1. The lowest BCUT2D eigenvalue weighted by Gasteiger charge is -2.08. The molecule has 0 amide bonds. The number of carboxylic acids is 1. The van der Waals surface area contributed by atoms with Crippen molar-refractivity contribution in [3.05, 3.63) is 42.1 Å². The summed E-state index contributed by atoms with van der Waals surface area (Å²) in [6, 6.07) is 3.15. The summed E-state index contributed by atoms with van der Waals surface area (Å²) in [5.74, 6) is -0.341. The predicted molar refractivity (Wildman–Crippen MR) is 71.3 cm³/mol. The predicted octanol–water partition coefficient (Wildman–Crippen LogP) is 1.65. The van der Waals surface area contributed by atoms with Gasteiger partial charge in [0.2, 0.25) is 0 Å². The maximum atomic E-state index is 11.0. The first-order valence-electron chi connectivity index (χ1n) is 6.13. The molecule has 2 aromatic heterocycles. The zero-order valence-corrected chi connectivity index (χ0v) is 10.7. The van der Waals surface area contributed by atoms with Crippen molar-refractivity contribution >= 4 is 11.8 Å². The van der Waals surface area contributed by atoms with E-state index in [0.717, 1.165) is 12.2 Å². The fraction of sp³-hybridized carbons (Fsp3) is 0.308. The maximum Gasteiger partial charge on any atom is 0.335 e. The second kappa shape index (κ2) is 5.99. The van der Waals surface area contributed by atoms with Gasteiger partial charge >= 0.3 is 5.97 Å². The zero-order valence-electron chi connectivity index (χ0n) is 10.7. The summed E-state index contributed by atoms with van der Waals surface area (Å²) < 4.78 is 1.94. The Morgan fingerprint density at radius 2 is 2.32 bits per heavy atom.